The summed E-state index contributed by atoms with van der Waals surface area (Å²) in [6.45, 7) is 11.7. The smallest absolute Gasteiger partial charge is 0.222 e. The molecule has 0 saturated heterocycles. The predicted octanol–water partition coefficient (Wildman–Crippen LogP) is 2.23. The zero-order chi connectivity index (χ0) is 14.3. The second kappa shape index (κ2) is 4.36. The average molecular weight is 264 g/mol. The van der Waals surface area contributed by atoms with Crippen molar-refractivity contribution in [3.8, 4) is 5.88 Å². The molecule has 2 aromatic rings. The number of fused-ring (bicyclic) bond motifs is 1. The van der Waals surface area contributed by atoms with Crippen molar-refractivity contribution in [2.24, 2.45) is 0 Å². The van der Waals surface area contributed by atoms with E-state index in [-0.39, 0.29) is 11.2 Å². The van der Waals surface area contributed by atoms with Crippen molar-refractivity contribution >= 4 is 11.2 Å². The molecule has 0 radical (unpaired) electrons. The van der Waals surface area contributed by atoms with Gasteiger partial charge in [0.2, 0.25) is 11.5 Å². The lowest BCUT2D eigenvalue weighted by Crippen LogP contribution is -2.32. The van der Waals surface area contributed by atoms with Crippen LogP contribution in [0.3, 0.4) is 0 Å². The standard InChI is InChI=1S/C13H20N4O2/c1-12(2,3)18-10-8-7-9-11(14-10)17(16-15-9)19-13(4,5)6/h7-8H,1-6H3. The molecule has 0 unspecified atom stereocenters. The van der Waals surface area contributed by atoms with Crippen molar-refractivity contribution in [2.45, 2.75) is 52.7 Å². The quantitative estimate of drug-likeness (QED) is 0.832. The minimum atomic E-state index is -0.372. The average Bonchev–Trinajstić information content (AvgIpc) is 2.56. The van der Waals surface area contributed by atoms with Gasteiger partial charge in [-0.2, -0.15) is 4.98 Å². The number of ether oxygens (including phenoxy) is 1. The minimum absolute atomic E-state index is 0.302. The molecular weight excluding hydrogens is 244 g/mol. The van der Waals surface area contributed by atoms with Crippen LogP contribution >= 0.6 is 0 Å². The lowest BCUT2D eigenvalue weighted by Gasteiger charge is -2.21. The largest absolute Gasteiger partial charge is 0.472 e. The highest BCUT2D eigenvalue weighted by Gasteiger charge is 2.18. The molecule has 0 amide bonds. The van der Waals surface area contributed by atoms with Gasteiger partial charge < -0.3 is 9.57 Å². The van der Waals surface area contributed by atoms with E-state index in [0.29, 0.717) is 17.0 Å². The monoisotopic (exact) mass is 264 g/mol. The fraction of sp³-hybridized carbons (Fsp3) is 0.615. The molecule has 104 valence electrons. The molecule has 0 bridgehead atoms. The molecule has 0 N–H and O–H groups in total. The van der Waals surface area contributed by atoms with Crippen LogP contribution in [0.4, 0.5) is 0 Å². The van der Waals surface area contributed by atoms with Gasteiger partial charge in [-0.1, -0.05) is 4.85 Å². The molecule has 6 nitrogen and oxygen atoms in total. The molecule has 2 heterocycles. The second-order valence-electron chi connectivity index (χ2n) is 6.37. The van der Waals surface area contributed by atoms with E-state index in [1.54, 1.807) is 6.07 Å². The van der Waals surface area contributed by atoms with Crippen molar-refractivity contribution in [3.63, 3.8) is 0 Å². The normalized spacial score (nSPS) is 12.7. The van der Waals surface area contributed by atoms with Crippen LogP contribution in [0, 0.1) is 0 Å². The Morgan fingerprint density at radius 3 is 2.26 bits per heavy atom. The number of hydrogen-bond donors (Lipinski definition) is 0. The Labute approximate surface area is 112 Å². The van der Waals surface area contributed by atoms with Gasteiger partial charge in [0, 0.05) is 6.07 Å². The van der Waals surface area contributed by atoms with Gasteiger partial charge in [-0.3, -0.25) is 0 Å². The fourth-order valence-electron chi connectivity index (χ4n) is 1.47. The number of pyridine rings is 1. The maximum Gasteiger partial charge on any atom is 0.222 e. The topological polar surface area (TPSA) is 62.1 Å². The Hall–Kier alpha value is -1.85. The van der Waals surface area contributed by atoms with E-state index in [2.05, 4.69) is 15.3 Å². The Kier molecular flexibility index (Phi) is 3.12. The van der Waals surface area contributed by atoms with E-state index in [1.807, 2.05) is 47.6 Å². The molecule has 0 aliphatic carbocycles. The van der Waals surface area contributed by atoms with Crippen LogP contribution in [0.2, 0.25) is 0 Å². The molecule has 0 fully saturated rings. The minimum Gasteiger partial charge on any atom is -0.472 e. The highest BCUT2D eigenvalue weighted by molar-refractivity contribution is 5.69. The summed E-state index contributed by atoms with van der Waals surface area (Å²) < 4.78 is 5.73. The first kappa shape index (κ1) is 13.6. The first-order valence-corrected chi connectivity index (χ1v) is 6.25. The van der Waals surface area contributed by atoms with Crippen LogP contribution in [0.1, 0.15) is 41.5 Å². The summed E-state index contributed by atoms with van der Waals surface area (Å²) in [5, 5.41) is 7.95. The van der Waals surface area contributed by atoms with E-state index < -0.39 is 0 Å². The molecule has 0 atom stereocenters. The molecule has 0 aliphatic heterocycles. The summed E-state index contributed by atoms with van der Waals surface area (Å²) in [6, 6.07) is 3.60. The van der Waals surface area contributed by atoms with E-state index in [9.17, 15) is 0 Å². The highest BCUT2D eigenvalue weighted by atomic mass is 16.7. The van der Waals surface area contributed by atoms with Gasteiger partial charge in [0.25, 0.3) is 0 Å². The maximum atomic E-state index is 5.73. The van der Waals surface area contributed by atoms with Gasteiger partial charge in [-0.05, 0) is 52.8 Å². The van der Waals surface area contributed by atoms with E-state index >= 15 is 0 Å². The van der Waals surface area contributed by atoms with Gasteiger partial charge in [-0.15, -0.1) is 5.10 Å². The van der Waals surface area contributed by atoms with Crippen molar-refractivity contribution in [1.29, 1.82) is 0 Å². The lowest BCUT2D eigenvalue weighted by molar-refractivity contribution is -0.0305. The van der Waals surface area contributed by atoms with Crippen molar-refractivity contribution in [3.05, 3.63) is 12.1 Å². The van der Waals surface area contributed by atoms with Crippen LogP contribution in [-0.2, 0) is 0 Å². The first-order valence-electron chi connectivity index (χ1n) is 6.25. The molecule has 6 heteroatoms. The molecule has 2 rings (SSSR count). The van der Waals surface area contributed by atoms with Crippen LogP contribution in [0.5, 0.6) is 5.88 Å². The summed E-state index contributed by atoms with van der Waals surface area (Å²) in [5.74, 6) is 0.529. The molecular formula is C13H20N4O2. The van der Waals surface area contributed by atoms with Crippen LogP contribution in [-0.4, -0.2) is 31.3 Å². The summed E-state index contributed by atoms with van der Waals surface area (Å²) >= 11 is 0. The van der Waals surface area contributed by atoms with E-state index in [4.69, 9.17) is 9.57 Å². The number of nitrogens with zero attached hydrogens (tertiary/aromatic N) is 4. The van der Waals surface area contributed by atoms with Crippen molar-refractivity contribution < 1.29 is 9.57 Å². The Morgan fingerprint density at radius 1 is 1.00 bits per heavy atom. The number of aromatic nitrogens is 4. The van der Waals surface area contributed by atoms with Gasteiger partial charge in [0.15, 0.2) is 0 Å². The van der Waals surface area contributed by atoms with Crippen LogP contribution in [0.15, 0.2) is 12.1 Å². The van der Waals surface area contributed by atoms with Gasteiger partial charge >= 0.3 is 0 Å². The summed E-state index contributed by atoms with van der Waals surface area (Å²) in [5.41, 5.74) is 0.551. The first-order chi connectivity index (χ1) is 8.64. The Morgan fingerprint density at radius 2 is 1.68 bits per heavy atom. The van der Waals surface area contributed by atoms with Crippen molar-refractivity contribution in [1.82, 2.24) is 20.1 Å². The molecule has 0 spiro atoms. The zero-order valence-electron chi connectivity index (χ0n) is 12.3. The maximum absolute atomic E-state index is 5.73. The molecule has 19 heavy (non-hydrogen) atoms. The van der Waals surface area contributed by atoms with Crippen LogP contribution in [0.25, 0.3) is 11.2 Å². The predicted molar refractivity (Wildman–Crippen MR) is 72.0 cm³/mol. The highest BCUT2D eigenvalue weighted by Crippen LogP contribution is 2.19. The number of hydrogen-bond acceptors (Lipinski definition) is 5. The van der Waals surface area contributed by atoms with Gasteiger partial charge in [0.1, 0.15) is 16.7 Å². The second-order valence-corrected chi connectivity index (χ2v) is 6.37. The van der Waals surface area contributed by atoms with Crippen molar-refractivity contribution in [2.75, 3.05) is 0 Å². The van der Waals surface area contributed by atoms with E-state index in [0.717, 1.165) is 0 Å². The summed E-state index contributed by atoms with van der Waals surface area (Å²) in [7, 11) is 0. The van der Waals surface area contributed by atoms with Gasteiger partial charge in [0.05, 0.1) is 0 Å². The van der Waals surface area contributed by atoms with Gasteiger partial charge in [-0.25, -0.2) is 0 Å². The lowest BCUT2D eigenvalue weighted by atomic mass is 10.2. The Bertz CT molecular complexity index is 578. The third-order valence-electron chi connectivity index (χ3n) is 2.01. The molecule has 0 saturated carbocycles. The molecule has 2 aromatic heterocycles. The number of rotatable bonds is 2. The Balaban J connectivity index is 2.37. The molecule has 0 aliphatic rings. The fourth-order valence-corrected chi connectivity index (χ4v) is 1.47. The summed E-state index contributed by atoms with van der Waals surface area (Å²) in [4.78, 5) is 11.4. The molecule has 0 aromatic carbocycles. The van der Waals surface area contributed by atoms with E-state index in [1.165, 1.54) is 4.85 Å². The van der Waals surface area contributed by atoms with Crippen LogP contribution < -0.4 is 9.57 Å². The zero-order valence-corrected chi connectivity index (χ0v) is 12.3. The third-order valence-corrected chi connectivity index (χ3v) is 2.01. The SMILES string of the molecule is CC(C)(C)Oc1ccc2nnn(OC(C)(C)C)c2n1. The third kappa shape index (κ3) is 3.56. The summed E-state index contributed by atoms with van der Waals surface area (Å²) in [6.07, 6.45) is 0.